The predicted molar refractivity (Wildman–Crippen MR) is 63.2 cm³/mol. The van der Waals surface area contributed by atoms with E-state index < -0.39 is 15.9 Å². The van der Waals surface area contributed by atoms with E-state index in [2.05, 4.69) is 5.32 Å². The van der Waals surface area contributed by atoms with Crippen molar-refractivity contribution in [3.63, 3.8) is 0 Å². The first-order chi connectivity index (χ1) is 7.36. The number of hydrogen-bond donors (Lipinski definition) is 2. The normalized spacial score (nSPS) is 13.8. The number of aryl methyl sites for hydroxylation is 1. The van der Waals surface area contributed by atoms with Crippen molar-refractivity contribution in [2.75, 3.05) is 19.8 Å². The maximum absolute atomic E-state index is 11.6. The van der Waals surface area contributed by atoms with Crippen LogP contribution in [0.2, 0.25) is 0 Å². The van der Waals surface area contributed by atoms with Gasteiger partial charge in [0.2, 0.25) is 0 Å². The van der Waals surface area contributed by atoms with Crippen LogP contribution in [0.5, 0.6) is 0 Å². The Morgan fingerprint density at radius 2 is 2.06 bits per heavy atom. The number of sulfone groups is 1. The molecule has 1 unspecified atom stereocenters. The molecule has 4 nitrogen and oxygen atoms in total. The number of benzene rings is 1. The van der Waals surface area contributed by atoms with Gasteiger partial charge >= 0.3 is 0 Å². The molecule has 0 radical (unpaired) electrons. The van der Waals surface area contributed by atoms with Crippen molar-refractivity contribution in [1.82, 2.24) is 5.32 Å². The van der Waals surface area contributed by atoms with Gasteiger partial charge in [0.1, 0.15) is 0 Å². The van der Waals surface area contributed by atoms with Crippen LogP contribution in [0.1, 0.15) is 17.2 Å². The molecule has 0 aromatic heterocycles. The lowest BCUT2D eigenvalue weighted by Gasteiger charge is -2.14. The van der Waals surface area contributed by atoms with Gasteiger partial charge in [-0.15, -0.1) is 0 Å². The van der Waals surface area contributed by atoms with Crippen LogP contribution < -0.4 is 5.32 Å². The standard InChI is InChI=1S/C11H17NO3S/c1-8-4-5-9(10(13)7-12-2)11(6-8)16(3,14)15/h4-6,10,12-13H,7H2,1-3H3. The molecule has 0 aliphatic rings. The molecular formula is C11H17NO3S. The molecule has 2 N–H and O–H groups in total. The zero-order valence-electron chi connectivity index (χ0n) is 9.69. The van der Waals surface area contributed by atoms with Crippen molar-refractivity contribution in [3.05, 3.63) is 29.3 Å². The summed E-state index contributed by atoms with van der Waals surface area (Å²) >= 11 is 0. The van der Waals surface area contributed by atoms with Gasteiger partial charge in [0.25, 0.3) is 0 Å². The lowest BCUT2D eigenvalue weighted by molar-refractivity contribution is 0.174. The van der Waals surface area contributed by atoms with Gasteiger partial charge < -0.3 is 10.4 Å². The summed E-state index contributed by atoms with van der Waals surface area (Å²) in [4.78, 5) is 0.204. The number of aliphatic hydroxyl groups is 1. The van der Waals surface area contributed by atoms with E-state index in [0.717, 1.165) is 11.8 Å². The van der Waals surface area contributed by atoms with Crippen molar-refractivity contribution in [1.29, 1.82) is 0 Å². The first-order valence-corrected chi connectivity index (χ1v) is 6.88. The lowest BCUT2D eigenvalue weighted by Crippen LogP contribution is -2.18. The smallest absolute Gasteiger partial charge is 0.175 e. The molecule has 0 aliphatic heterocycles. The van der Waals surface area contributed by atoms with Gasteiger partial charge in [-0.1, -0.05) is 12.1 Å². The first kappa shape index (κ1) is 13.2. The highest BCUT2D eigenvalue weighted by Crippen LogP contribution is 2.23. The molecular weight excluding hydrogens is 226 g/mol. The van der Waals surface area contributed by atoms with E-state index in [1.807, 2.05) is 6.92 Å². The SMILES string of the molecule is CNCC(O)c1ccc(C)cc1S(C)(=O)=O. The molecule has 90 valence electrons. The van der Waals surface area contributed by atoms with Gasteiger partial charge in [-0.2, -0.15) is 0 Å². The molecule has 0 heterocycles. The second kappa shape index (κ2) is 4.95. The van der Waals surface area contributed by atoms with Gasteiger partial charge in [0.05, 0.1) is 11.0 Å². The predicted octanol–water partition coefficient (Wildman–Crippen LogP) is 0.651. The molecule has 0 bridgehead atoms. The van der Waals surface area contributed by atoms with Gasteiger partial charge in [-0.25, -0.2) is 8.42 Å². The van der Waals surface area contributed by atoms with E-state index in [1.165, 1.54) is 0 Å². The molecule has 0 saturated heterocycles. The molecule has 1 aromatic rings. The third kappa shape index (κ3) is 3.04. The summed E-state index contributed by atoms with van der Waals surface area (Å²) < 4.78 is 23.2. The van der Waals surface area contributed by atoms with Crippen molar-refractivity contribution >= 4 is 9.84 Å². The van der Waals surface area contributed by atoms with Crippen molar-refractivity contribution in [3.8, 4) is 0 Å². The third-order valence-corrected chi connectivity index (χ3v) is 3.48. The maximum Gasteiger partial charge on any atom is 0.175 e. The molecule has 0 spiro atoms. The summed E-state index contributed by atoms with van der Waals surface area (Å²) in [6, 6.07) is 5.04. The van der Waals surface area contributed by atoms with Crippen LogP contribution >= 0.6 is 0 Å². The quantitative estimate of drug-likeness (QED) is 0.815. The van der Waals surface area contributed by atoms with Gasteiger partial charge in [0.15, 0.2) is 9.84 Å². The topological polar surface area (TPSA) is 66.4 Å². The van der Waals surface area contributed by atoms with Crippen LogP contribution in [0.25, 0.3) is 0 Å². The Labute approximate surface area is 96.2 Å². The van der Waals surface area contributed by atoms with E-state index in [1.54, 1.807) is 25.2 Å². The number of likely N-dealkylation sites (N-methyl/N-ethyl adjacent to an activating group) is 1. The Hall–Kier alpha value is -0.910. The summed E-state index contributed by atoms with van der Waals surface area (Å²) in [7, 11) is -1.60. The molecule has 16 heavy (non-hydrogen) atoms. The Morgan fingerprint density at radius 1 is 1.44 bits per heavy atom. The van der Waals surface area contributed by atoms with Gasteiger partial charge in [-0.3, -0.25) is 0 Å². The minimum Gasteiger partial charge on any atom is -0.387 e. The second-order valence-electron chi connectivity index (χ2n) is 3.89. The molecule has 1 aromatic carbocycles. The number of nitrogens with one attached hydrogen (secondary N) is 1. The fourth-order valence-corrected chi connectivity index (χ4v) is 2.57. The minimum absolute atomic E-state index is 0.204. The van der Waals surface area contributed by atoms with E-state index in [9.17, 15) is 13.5 Å². The maximum atomic E-state index is 11.6. The van der Waals surface area contributed by atoms with Crippen LogP contribution in [0.3, 0.4) is 0 Å². The van der Waals surface area contributed by atoms with E-state index in [-0.39, 0.29) is 4.90 Å². The fourth-order valence-electron chi connectivity index (χ4n) is 1.54. The summed E-state index contributed by atoms with van der Waals surface area (Å²) in [5.74, 6) is 0. The van der Waals surface area contributed by atoms with E-state index in [0.29, 0.717) is 12.1 Å². The van der Waals surface area contributed by atoms with Crippen LogP contribution in [0, 0.1) is 6.92 Å². The van der Waals surface area contributed by atoms with Crippen LogP contribution in [0.4, 0.5) is 0 Å². The van der Waals surface area contributed by atoms with Crippen molar-refractivity contribution in [2.45, 2.75) is 17.9 Å². The molecule has 0 aliphatic carbocycles. The fraction of sp³-hybridized carbons (Fsp3) is 0.455. The average molecular weight is 243 g/mol. The highest BCUT2D eigenvalue weighted by atomic mass is 32.2. The molecule has 1 atom stereocenters. The Balaban J connectivity index is 3.29. The van der Waals surface area contributed by atoms with E-state index >= 15 is 0 Å². The van der Waals surface area contributed by atoms with Gasteiger partial charge in [0, 0.05) is 18.4 Å². The molecule has 0 fully saturated rings. The Bertz CT molecular complexity index is 468. The van der Waals surface area contributed by atoms with Crippen LogP contribution in [0.15, 0.2) is 23.1 Å². The summed E-state index contributed by atoms with van der Waals surface area (Å²) in [6.45, 7) is 2.15. The number of rotatable bonds is 4. The average Bonchev–Trinajstić information content (AvgIpc) is 2.16. The second-order valence-corrected chi connectivity index (χ2v) is 5.87. The van der Waals surface area contributed by atoms with Crippen LogP contribution in [-0.2, 0) is 9.84 Å². The molecule has 1 rings (SSSR count). The molecule has 0 amide bonds. The first-order valence-electron chi connectivity index (χ1n) is 4.99. The number of hydrogen-bond acceptors (Lipinski definition) is 4. The zero-order valence-corrected chi connectivity index (χ0v) is 10.5. The van der Waals surface area contributed by atoms with Crippen LogP contribution in [-0.4, -0.2) is 33.4 Å². The third-order valence-electron chi connectivity index (χ3n) is 2.33. The minimum atomic E-state index is -3.31. The van der Waals surface area contributed by atoms with Crippen molar-refractivity contribution < 1.29 is 13.5 Å². The summed E-state index contributed by atoms with van der Waals surface area (Å²) in [6.07, 6.45) is 0.340. The monoisotopic (exact) mass is 243 g/mol. The molecule has 5 heteroatoms. The Morgan fingerprint density at radius 3 is 2.56 bits per heavy atom. The number of aliphatic hydroxyl groups excluding tert-OH is 1. The van der Waals surface area contributed by atoms with Crippen molar-refractivity contribution in [2.24, 2.45) is 0 Å². The Kier molecular flexibility index (Phi) is 4.07. The highest BCUT2D eigenvalue weighted by molar-refractivity contribution is 7.90. The van der Waals surface area contributed by atoms with Gasteiger partial charge in [-0.05, 0) is 25.6 Å². The van der Waals surface area contributed by atoms with E-state index in [4.69, 9.17) is 0 Å². The summed E-state index contributed by atoms with van der Waals surface area (Å²) in [5, 5.41) is 12.6. The summed E-state index contributed by atoms with van der Waals surface area (Å²) in [5.41, 5.74) is 1.31. The largest absolute Gasteiger partial charge is 0.387 e. The molecule has 0 saturated carbocycles. The zero-order chi connectivity index (χ0) is 12.3. The highest BCUT2D eigenvalue weighted by Gasteiger charge is 2.18. The lowest BCUT2D eigenvalue weighted by atomic mass is 10.1.